The Morgan fingerprint density at radius 2 is 1.70 bits per heavy atom. The molecule has 3 heterocycles. The van der Waals surface area contributed by atoms with Crippen LogP contribution in [0.2, 0.25) is 0 Å². The summed E-state index contributed by atoms with van der Waals surface area (Å²) < 4.78 is 17.9. The SMILES string of the molecule is O=c1ccn(-c2ccc(N3CC=CC3)cc2F)nc1-c1ccnn1-c1ccccc1. The first-order chi connectivity index (χ1) is 14.7. The Morgan fingerprint density at radius 1 is 0.900 bits per heavy atom. The number of para-hydroxylation sites is 1. The number of benzene rings is 2. The van der Waals surface area contributed by atoms with Crippen LogP contribution in [0.4, 0.5) is 10.1 Å². The first kappa shape index (κ1) is 18.1. The third-order valence-corrected chi connectivity index (χ3v) is 5.06. The summed E-state index contributed by atoms with van der Waals surface area (Å²) in [5.74, 6) is -0.405. The summed E-state index contributed by atoms with van der Waals surface area (Å²) in [6.45, 7) is 1.53. The second-order valence-corrected chi connectivity index (χ2v) is 6.95. The van der Waals surface area contributed by atoms with Gasteiger partial charge in [-0.25, -0.2) is 13.8 Å². The van der Waals surface area contributed by atoms with Gasteiger partial charge in [0.25, 0.3) is 0 Å². The highest BCUT2D eigenvalue weighted by molar-refractivity contribution is 5.58. The van der Waals surface area contributed by atoms with Gasteiger partial charge >= 0.3 is 0 Å². The van der Waals surface area contributed by atoms with E-state index in [9.17, 15) is 9.18 Å². The van der Waals surface area contributed by atoms with Crippen molar-refractivity contribution in [1.29, 1.82) is 0 Å². The molecule has 0 radical (unpaired) electrons. The van der Waals surface area contributed by atoms with Gasteiger partial charge in [0.15, 0.2) is 11.5 Å². The number of aromatic nitrogens is 4. The number of halogens is 1. The predicted octanol–water partition coefficient (Wildman–Crippen LogP) is 3.60. The zero-order valence-electron chi connectivity index (χ0n) is 16.0. The molecule has 2 aromatic heterocycles. The van der Waals surface area contributed by atoms with Crippen molar-refractivity contribution in [2.75, 3.05) is 18.0 Å². The van der Waals surface area contributed by atoms with E-state index in [1.807, 2.05) is 36.4 Å². The molecule has 0 N–H and O–H groups in total. The van der Waals surface area contributed by atoms with Gasteiger partial charge in [-0.05, 0) is 36.4 Å². The van der Waals surface area contributed by atoms with Gasteiger partial charge < -0.3 is 4.90 Å². The summed E-state index contributed by atoms with van der Waals surface area (Å²) in [7, 11) is 0. The molecule has 148 valence electrons. The van der Waals surface area contributed by atoms with E-state index in [2.05, 4.69) is 27.2 Å². The summed E-state index contributed by atoms with van der Waals surface area (Å²) in [6.07, 6.45) is 7.19. The monoisotopic (exact) mass is 399 g/mol. The first-order valence-corrected chi connectivity index (χ1v) is 9.60. The van der Waals surface area contributed by atoms with Gasteiger partial charge in [0, 0.05) is 31.0 Å². The number of hydrogen-bond acceptors (Lipinski definition) is 4. The molecule has 7 heteroatoms. The van der Waals surface area contributed by atoms with Crippen molar-refractivity contribution in [1.82, 2.24) is 19.6 Å². The maximum atomic E-state index is 14.9. The van der Waals surface area contributed by atoms with Crippen LogP contribution >= 0.6 is 0 Å². The fourth-order valence-corrected chi connectivity index (χ4v) is 3.54. The standard InChI is InChI=1S/C23H18FN5O/c24-19-16-18(27-13-4-5-14-27)8-9-20(19)28-15-11-22(30)23(26-28)21-10-12-25-29(21)17-6-2-1-3-7-17/h1-12,15-16H,13-14H2. The van der Waals surface area contributed by atoms with Crippen molar-refractivity contribution in [3.8, 4) is 22.8 Å². The molecule has 0 unspecified atom stereocenters. The summed E-state index contributed by atoms with van der Waals surface area (Å²) in [5, 5.41) is 8.76. The lowest BCUT2D eigenvalue weighted by atomic mass is 10.2. The van der Waals surface area contributed by atoms with Crippen LogP contribution in [0.3, 0.4) is 0 Å². The van der Waals surface area contributed by atoms with Crippen LogP contribution in [0, 0.1) is 5.82 Å². The van der Waals surface area contributed by atoms with E-state index >= 15 is 0 Å². The molecule has 6 nitrogen and oxygen atoms in total. The minimum atomic E-state index is -0.405. The Balaban J connectivity index is 1.56. The van der Waals surface area contributed by atoms with Crippen molar-refractivity contribution in [2.24, 2.45) is 0 Å². The Morgan fingerprint density at radius 3 is 2.47 bits per heavy atom. The molecule has 5 rings (SSSR count). The topological polar surface area (TPSA) is 56.0 Å². The van der Waals surface area contributed by atoms with Crippen molar-refractivity contribution >= 4 is 5.69 Å². The lowest BCUT2D eigenvalue weighted by Gasteiger charge is -2.18. The smallest absolute Gasteiger partial charge is 0.209 e. The highest BCUT2D eigenvalue weighted by Crippen LogP contribution is 2.23. The van der Waals surface area contributed by atoms with Crippen molar-refractivity contribution in [3.05, 3.63) is 101 Å². The molecule has 0 saturated heterocycles. The molecular weight excluding hydrogens is 381 g/mol. The molecule has 30 heavy (non-hydrogen) atoms. The van der Waals surface area contributed by atoms with E-state index < -0.39 is 5.82 Å². The van der Waals surface area contributed by atoms with Gasteiger partial charge in [0.1, 0.15) is 5.69 Å². The first-order valence-electron chi connectivity index (χ1n) is 9.60. The maximum Gasteiger partial charge on any atom is 0.209 e. The van der Waals surface area contributed by atoms with Crippen LogP contribution in [0.25, 0.3) is 22.8 Å². The quantitative estimate of drug-likeness (QED) is 0.492. The number of nitrogens with zero attached hydrogens (tertiary/aromatic N) is 5. The number of hydrogen-bond donors (Lipinski definition) is 0. The molecule has 0 amide bonds. The van der Waals surface area contributed by atoms with E-state index in [4.69, 9.17) is 0 Å². The highest BCUT2D eigenvalue weighted by Gasteiger charge is 2.16. The summed E-state index contributed by atoms with van der Waals surface area (Å²) >= 11 is 0. The van der Waals surface area contributed by atoms with E-state index in [1.54, 1.807) is 23.0 Å². The Kier molecular flexibility index (Phi) is 4.48. The average molecular weight is 399 g/mol. The minimum Gasteiger partial charge on any atom is -0.364 e. The molecule has 0 atom stereocenters. The molecule has 0 fully saturated rings. The van der Waals surface area contributed by atoms with Gasteiger partial charge in [-0.1, -0.05) is 30.4 Å². The van der Waals surface area contributed by atoms with E-state index in [1.165, 1.54) is 23.0 Å². The van der Waals surface area contributed by atoms with Gasteiger partial charge in [-0.2, -0.15) is 10.2 Å². The second-order valence-electron chi connectivity index (χ2n) is 6.95. The van der Waals surface area contributed by atoms with Crippen molar-refractivity contribution < 1.29 is 4.39 Å². The summed E-state index contributed by atoms with van der Waals surface area (Å²) in [6, 6.07) is 17.6. The van der Waals surface area contributed by atoms with Crippen LogP contribution in [0.5, 0.6) is 0 Å². The van der Waals surface area contributed by atoms with Gasteiger partial charge in [0.2, 0.25) is 5.43 Å². The van der Waals surface area contributed by atoms with Crippen LogP contribution < -0.4 is 10.3 Å². The predicted molar refractivity (Wildman–Crippen MR) is 114 cm³/mol. The fourth-order valence-electron chi connectivity index (χ4n) is 3.54. The molecule has 0 saturated carbocycles. The van der Waals surface area contributed by atoms with Crippen LogP contribution in [0.1, 0.15) is 0 Å². The van der Waals surface area contributed by atoms with Gasteiger partial charge in [0.05, 0.1) is 17.6 Å². The second kappa shape index (κ2) is 7.44. The Bertz CT molecular complexity index is 1280. The summed E-state index contributed by atoms with van der Waals surface area (Å²) in [4.78, 5) is 14.6. The van der Waals surface area contributed by atoms with Crippen molar-refractivity contribution in [2.45, 2.75) is 0 Å². The van der Waals surface area contributed by atoms with Crippen molar-refractivity contribution in [3.63, 3.8) is 0 Å². The molecule has 2 aromatic carbocycles. The van der Waals surface area contributed by atoms with E-state index in [0.717, 1.165) is 24.5 Å². The molecule has 1 aliphatic heterocycles. The largest absolute Gasteiger partial charge is 0.364 e. The maximum absolute atomic E-state index is 14.9. The van der Waals surface area contributed by atoms with Crippen LogP contribution in [-0.2, 0) is 0 Å². The molecule has 1 aliphatic rings. The zero-order valence-corrected chi connectivity index (χ0v) is 16.0. The fraction of sp³-hybridized carbons (Fsp3) is 0.0870. The third kappa shape index (κ3) is 3.20. The zero-order chi connectivity index (χ0) is 20.5. The van der Waals surface area contributed by atoms with Gasteiger partial charge in [-0.15, -0.1) is 0 Å². The number of anilines is 1. The average Bonchev–Trinajstić information content (AvgIpc) is 3.47. The molecule has 0 aliphatic carbocycles. The normalized spacial score (nSPS) is 13.2. The lowest BCUT2D eigenvalue weighted by molar-refractivity contribution is 0.608. The Labute approximate surface area is 172 Å². The van der Waals surface area contributed by atoms with Crippen LogP contribution in [-0.4, -0.2) is 32.7 Å². The molecule has 0 bridgehead atoms. The highest BCUT2D eigenvalue weighted by atomic mass is 19.1. The van der Waals surface area contributed by atoms with Crippen LogP contribution in [0.15, 0.2) is 90.0 Å². The molecule has 4 aromatic rings. The molecular formula is C23H18FN5O. The summed E-state index contributed by atoms with van der Waals surface area (Å²) in [5.41, 5.74) is 2.38. The Hall–Kier alpha value is -4.00. The van der Waals surface area contributed by atoms with E-state index in [-0.39, 0.29) is 16.8 Å². The number of rotatable bonds is 4. The van der Waals surface area contributed by atoms with Gasteiger partial charge in [-0.3, -0.25) is 4.79 Å². The molecule has 0 spiro atoms. The minimum absolute atomic E-state index is 0.200. The lowest BCUT2D eigenvalue weighted by Crippen LogP contribution is -2.19. The third-order valence-electron chi connectivity index (χ3n) is 5.06. The van der Waals surface area contributed by atoms with E-state index in [0.29, 0.717) is 5.69 Å².